The van der Waals surface area contributed by atoms with Gasteiger partial charge in [0.1, 0.15) is 6.04 Å². The first-order valence-corrected chi connectivity index (χ1v) is 8.10. The van der Waals surface area contributed by atoms with Gasteiger partial charge in [-0.05, 0) is 31.4 Å². The molecule has 22 heavy (non-hydrogen) atoms. The molecule has 0 fully saturated rings. The van der Waals surface area contributed by atoms with E-state index < -0.39 is 6.04 Å². The predicted molar refractivity (Wildman–Crippen MR) is 86.5 cm³/mol. The van der Waals surface area contributed by atoms with Crippen LogP contribution < -0.4 is 10.6 Å². The molecule has 0 spiro atoms. The molecule has 1 heterocycles. The molecule has 5 nitrogen and oxygen atoms in total. The first-order valence-electron chi connectivity index (χ1n) is 8.10. The number of carbonyl (C=O) groups is 2. The molecule has 1 aromatic rings. The highest BCUT2D eigenvalue weighted by molar-refractivity contribution is 5.95. The van der Waals surface area contributed by atoms with E-state index in [1.165, 1.54) is 12.7 Å². The van der Waals surface area contributed by atoms with Crippen molar-refractivity contribution in [2.24, 2.45) is 5.92 Å². The standard InChI is InChI=1S/C17H28N2O3/c1-5-6-7-9-13(4)18-17(21)15(12(2)3)19-16(20)14-10-8-11-22-14/h8,10-13,15H,5-7,9H2,1-4H3,(H,18,21)(H,19,20)/t13-,15+/m0/s1. The third-order valence-electron chi connectivity index (χ3n) is 3.61. The molecule has 5 heteroatoms. The Balaban J connectivity index is 2.55. The highest BCUT2D eigenvalue weighted by atomic mass is 16.3. The molecule has 2 N–H and O–H groups in total. The summed E-state index contributed by atoms with van der Waals surface area (Å²) in [4.78, 5) is 24.4. The molecule has 2 atom stereocenters. The second-order valence-corrected chi connectivity index (χ2v) is 6.08. The molecule has 1 rings (SSSR count). The predicted octanol–water partition coefficient (Wildman–Crippen LogP) is 3.12. The van der Waals surface area contributed by atoms with E-state index in [2.05, 4.69) is 17.6 Å². The fraction of sp³-hybridized carbons (Fsp3) is 0.647. The quantitative estimate of drug-likeness (QED) is 0.689. The molecule has 1 aromatic heterocycles. The van der Waals surface area contributed by atoms with Gasteiger partial charge in [0, 0.05) is 6.04 Å². The van der Waals surface area contributed by atoms with Crippen LogP contribution in [-0.4, -0.2) is 23.9 Å². The largest absolute Gasteiger partial charge is 0.459 e. The third-order valence-corrected chi connectivity index (χ3v) is 3.61. The van der Waals surface area contributed by atoms with Gasteiger partial charge >= 0.3 is 0 Å². The zero-order valence-corrected chi connectivity index (χ0v) is 14.0. The smallest absolute Gasteiger partial charge is 0.287 e. The lowest BCUT2D eigenvalue weighted by Gasteiger charge is -2.23. The van der Waals surface area contributed by atoms with E-state index in [1.54, 1.807) is 12.1 Å². The third kappa shape index (κ3) is 5.92. The molecule has 0 saturated heterocycles. The van der Waals surface area contributed by atoms with E-state index >= 15 is 0 Å². The van der Waals surface area contributed by atoms with Crippen molar-refractivity contribution in [1.82, 2.24) is 10.6 Å². The molecule has 0 bridgehead atoms. The zero-order chi connectivity index (χ0) is 16.5. The average molecular weight is 308 g/mol. The first kappa shape index (κ1) is 18.3. The fourth-order valence-corrected chi connectivity index (χ4v) is 2.26. The number of nitrogens with one attached hydrogen (secondary N) is 2. The van der Waals surface area contributed by atoms with Gasteiger partial charge in [-0.1, -0.05) is 40.0 Å². The normalized spacial score (nSPS) is 13.7. The van der Waals surface area contributed by atoms with Gasteiger partial charge in [0.25, 0.3) is 5.91 Å². The van der Waals surface area contributed by atoms with Crippen molar-refractivity contribution in [1.29, 1.82) is 0 Å². The second-order valence-electron chi connectivity index (χ2n) is 6.08. The van der Waals surface area contributed by atoms with E-state index in [9.17, 15) is 9.59 Å². The molecule has 0 aliphatic heterocycles. The Morgan fingerprint density at radius 2 is 1.91 bits per heavy atom. The summed E-state index contributed by atoms with van der Waals surface area (Å²) in [7, 11) is 0. The summed E-state index contributed by atoms with van der Waals surface area (Å²) in [6.45, 7) is 7.98. The lowest BCUT2D eigenvalue weighted by molar-refractivity contribution is -0.124. The Kier molecular flexibility index (Phi) is 7.71. The summed E-state index contributed by atoms with van der Waals surface area (Å²) in [6.07, 6.45) is 5.83. The van der Waals surface area contributed by atoms with Crippen LogP contribution in [0.25, 0.3) is 0 Å². The van der Waals surface area contributed by atoms with E-state index in [1.807, 2.05) is 20.8 Å². The molecular weight excluding hydrogens is 280 g/mol. The van der Waals surface area contributed by atoms with Crippen LogP contribution in [0.4, 0.5) is 0 Å². The minimum atomic E-state index is -0.564. The highest BCUT2D eigenvalue weighted by Gasteiger charge is 2.26. The van der Waals surface area contributed by atoms with Gasteiger partial charge < -0.3 is 15.1 Å². The van der Waals surface area contributed by atoms with Gasteiger partial charge in [0.2, 0.25) is 5.91 Å². The van der Waals surface area contributed by atoms with Crippen molar-refractivity contribution in [2.75, 3.05) is 0 Å². The number of furan rings is 1. The van der Waals surface area contributed by atoms with Crippen molar-refractivity contribution in [3.05, 3.63) is 24.2 Å². The van der Waals surface area contributed by atoms with E-state index in [0.29, 0.717) is 0 Å². The van der Waals surface area contributed by atoms with E-state index in [4.69, 9.17) is 4.42 Å². The van der Waals surface area contributed by atoms with Gasteiger partial charge in [-0.15, -0.1) is 0 Å². The second kappa shape index (κ2) is 9.28. The SMILES string of the molecule is CCCCC[C@H](C)NC(=O)[C@H](NC(=O)c1ccco1)C(C)C. The summed E-state index contributed by atoms with van der Waals surface area (Å²) < 4.78 is 5.06. The van der Waals surface area contributed by atoms with E-state index in [0.717, 1.165) is 19.3 Å². The number of carbonyl (C=O) groups excluding carboxylic acids is 2. The summed E-state index contributed by atoms with van der Waals surface area (Å²) in [6, 6.07) is 2.78. The lowest BCUT2D eigenvalue weighted by atomic mass is 10.0. The van der Waals surface area contributed by atoms with Gasteiger partial charge in [0.15, 0.2) is 5.76 Å². The molecule has 2 amide bonds. The monoisotopic (exact) mass is 308 g/mol. The van der Waals surface area contributed by atoms with Crippen molar-refractivity contribution in [2.45, 2.75) is 65.5 Å². The Morgan fingerprint density at radius 1 is 1.18 bits per heavy atom. The summed E-state index contributed by atoms with van der Waals surface area (Å²) in [5.41, 5.74) is 0. The highest BCUT2D eigenvalue weighted by Crippen LogP contribution is 2.08. The van der Waals surface area contributed by atoms with Crippen LogP contribution >= 0.6 is 0 Å². The van der Waals surface area contributed by atoms with Crippen LogP contribution in [0.5, 0.6) is 0 Å². The molecule has 0 saturated carbocycles. The number of unbranched alkanes of at least 4 members (excludes halogenated alkanes) is 2. The van der Waals surface area contributed by atoms with Gasteiger partial charge in [-0.2, -0.15) is 0 Å². The number of amides is 2. The molecule has 0 aliphatic carbocycles. The molecule has 0 unspecified atom stereocenters. The Hall–Kier alpha value is -1.78. The summed E-state index contributed by atoms with van der Waals surface area (Å²) >= 11 is 0. The molecule has 0 aliphatic rings. The first-order chi connectivity index (χ1) is 10.5. The molecule has 0 radical (unpaired) electrons. The van der Waals surface area contributed by atoms with Gasteiger partial charge in [0.05, 0.1) is 6.26 Å². The van der Waals surface area contributed by atoms with Crippen LogP contribution in [0.1, 0.15) is 63.9 Å². The Bertz CT molecular complexity index is 454. The fourth-order valence-electron chi connectivity index (χ4n) is 2.26. The zero-order valence-electron chi connectivity index (χ0n) is 14.0. The number of hydrogen-bond acceptors (Lipinski definition) is 3. The van der Waals surface area contributed by atoms with E-state index in [-0.39, 0.29) is 29.5 Å². The number of rotatable bonds is 9. The Labute approximate surface area is 132 Å². The maximum Gasteiger partial charge on any atom is 0.287 e. The van der Waals surface area contributed by atoms with Crippen LogP contribution in [0.15, 0.2) is 22.8 Å². The van der Waals surface area contributed by atoms with Crippen LogP contribution in [0.2, 0.25) is 0 Å². The summed E-state index contributed by atoms with van der Waals surface area (Å²) in [5.74, 6) is -0.285. The van der Waals surface area contributed by atoms with Gasteiger partial charge in [-0.25, -0.2) is 0 Å². The maximum absolute atomic E-state index is 12.4. The van der Waals surface area contributed by atoms with Crippen molar-refractivity contribution in [3.63, 3.8) is 0 Å². The lowest BCUT2D eigenvalue weighted by Crippen LogP contribution is -2.51. The van der Waals surface area contributed by atoms with Crippen molar-refractivity contribution in [3.8, 4) is 0 Å². The molecule has 124 valence electrons. The summed E-state index contributed by atoms with van der Waals surface area (Å²) in [5, 5.41) is 5.73. The van der Waals surface area contributed by atoms with Crippen LogP contribution in [0, 0.1) is 5.92 Å². The van der Waals surface area contributed by atoms with Gasteiger partial charge in [-0.3, -0.25) is 9.59 Å². The minimum absolute atomic E-state index is 0.00162. The molecular formula is C17H28N2O3. The van der Waals surface area contributed by atoms with Crippen LogP contribution in [0.3, 0.4) is 0 Å². The number of hydrogen-bond donors (Lipinski definition) is 2. The topological polar surface area (TPSA) is 71.3 Å². The Morgan fingerprint density at radius 3 is 2.45 bits per heavy atom. The average Bonchev–Trinajstić information content (AvgIpc) is 2.98. The van der Waals surface area contributed by atoms with Crippen LogP contribution in [-0.2, 0) is 4.79 Å². The van der Waals surface area contributed by atoms with Crippen molar-refractivity contribution < 1.29 is 14.0 Å². The minimum Gasteiger partial charge on any atom is -0.459 e. The molecule has 0 aromatic carbocycles. The maximum atomic E-state index is 12.4. The van der Waals surface area contributed by atoms with Crippen molar-refractivity contribution >= 4 is 11.8 Å².